The molecule has 5 heteroatoms. The van der Waals surface area contributed by atoms with Crippen molar-refractivity contribution in [1.29, 1.82) is 0 Å². The predicted octanol–water partition coefficient (Wildman–Crippen LogP) is 0.519. The Morgan fingerprint density at radius 3 is 2.53 bits per heavy atom. The molecule has 15 heavy (non-hydrogen) atoms. The number of rotatable bonds is 4. The number of amides is 2. The molecule has 0 saturated heterocycles. The summed E-state index contributed by atoms with van der Waals surface area (Å²) in [6.45, 7) is 3.61. The highest BCUT2D eigenvalue weighted by molar-refractivity contribution is 5.95. The van der Waals surface area contributed by atoms with Gasteiger partial charge in [0.25, 0.3) is 5.91 Å². The molecule has 0 aliphatic heterocycles. The molecule has 1 atom stereocenters. The van der Waals surface area contributed by atoms with E-state index in [-0.39, 0.29) is 11.7 Å². The third kappa shape index (κ3) is 2.83. The van der Waals surface area contributed by atoms with E-state index < -0.39 is 17.9 Å². The van der Waals surface area contributed by atoms with E-state index in [9.17, 15) is 9.59 Å². The molecule has 0 aliphatic carbocycles. The lowest BCUT2D eigenvalue weighted by Gasteiger charge is -2.17. The highest BCUT2D eigenvalue weighted by atomic mass is 16.3. The number of nitrogens with two attached hydrogens (primary N) is 1. The lowest BCUT2D eigenvalue weighted by Crippen LogP contribution is -2.47. The van der Waals surface area contributed by atoms with Crippen LogP contribution in [0.3, 0.4) is 0 Å². The van der Waals surface area contributed by atoms with E-state index in [1.807, 2.05) is 0 Å². The first-order valence-corrected chi connectivity index (χ1v) is 4.66. The highest BCUT2D eigenvalue weighted by Gasteiger charge is 2.22. The SMILES string of the molecule is CC(C)C(NC(=O)c1ccco1)C(N)=O. The van der Waals surface area contributed by atoms with Gasteiger partial charge in [-0.3, -0.25) is 9.59 Å². The number of carbonyl (C=O) groups is 2. The second kappa shape index (κ2) is 4.63. The minimum absolute atomic E-state index is 0.0542. The molecule has 82 valence electrons. The fraction of sp³-hybridized carbons (Fsp3) is 0.400. The van der Waals surface area contributed by atoms with Crippen LogP contribution in [-0.2, 0) is 4.79 Å². The summed E-state index contributed by atoms with van der Waals surface area (Å²) in [4.78, 5) is 22.5. The monoisotopic (exact) mass is 210 g/mol. The summed E-state index contributed by atoms with van der Waals surface area (Å²) < 4.78 is 4.89. The van der Waals surface area contributed by atoms with Crippen LogP contribution >= 0.6 is 0 Å². The summed E-state index contributed by atoms with van der Waals surface area (Å²) in [5.41, 5.74) is 5.16. The van der Waals surface area contributed by atoms with Crippen LogP contribution in [0.1, 0.15) is 24.4 Å². The van der Waals surface area contributed by atoms with Crippen LogP contribution in [0.15, 0.2) is 22.8 Å². The average Bonchev–Trinajstić information content (AvgIpc) is 2.65. The molecule has 0 aliphatic rings. The first-order valence-electron chi connectivity index (χ1n) is 4.66. The first kappa shape index (κ1) is 11.3. The van der Waals surface area contributed by atoms with E-state index in [2.05, 4.69) is 5.32 Å². The maximum atomic E-state index is 11.5. The summed E-state index contributed by atoms with van der Waals surface area (Å²) >= 11 is 0. The van der Waals surface area contributed by atoms with Gasteiger partial charge in [-0.05, 0) is 18.1 Å². The van der Waals surface area contributed by atoms with Crippen molar-refractivity contribution in [1.82, 2.24) is 5.32 Å². The zero-order chi connectivity index (χ0) is 11.4. The molecular weight excluding hydrogens is 196 g/mol. The Bertz CT molecular complexity index is 344. The van der Waals surface area contributed by atoms with Crippen LogP contribution in [0.25, 0.3) is 0 Å². The van der Waals surface area contributed by atoms with Crippen LogP contribution < -0.4 is 11.1 Å². The smallest absolute Gasteiger partial charge is 0.287 e. The van der Waals surface area contributed by atoms with Crippen molar-refractivity contribution in [2.24, 2.45) is 11.7 Å². The number of hydrogen-bond acceptors (Lipinski definition) is 3. The molecule has 3 N–H and O–H groups in total. The first-order chi connectivity index (χ1) is 7.02. The van der Waals surface area contributed by atoms with E-state index in [0.29, 0.717) is 0 Å². The van der Waals surface area contributed by atoms with Crippen molar-refractivity contribution in [3.05, 3.63) is 24.2 Å². The molecule has 0 aromatic carbocycles. The lowest BCUT2D eigenvalue weighted by atomic mass is 10.0. The van der Waals surface area contributed by atoms with Crippen molar-refractivity contribution in [3.8, 4) is 0 Å². The number of carbonyl (C=O) groups excluding carboxylic acids is 2. The van der Waals surface area contributed by atoms with Crippen molar-refractivity contribution < 1.29 is 14.0 Å². The maximum Gasteiger partial charge on any atom is 0.287 e. The van der Waals surface area contributed by atoms with Crippen molar-refractivity contribution in [3.63, 3.8) is 0 Å². The fourth-order valence-electron chi connectivity index (χ4n) is 1.19. The molecule has 5 nitrogen and oxygen atoms in total. The molecule has 1 heterocycles. The molecule has 0 radical (unpaired) electrons. The number of primary amides is 1. The van der Waals surface area contributed by atoms with Gasteiger partial charge in [-0.15, -0.1) is 0 Å². The highest BCUT2D eigenvalue weighted by Crippen LogP contribution is 2.04. The Morgan fingerprint density at radius 2 is 2.13 bits per heavy atom. The van der Waals surface area contributed by atoms with E-state index in [4.69, 9.17) is 10.2 Å². The summed E-state index contributed by atoms with van der Waals surface area (Å²) in [7, 11) is 0. The molecule has 0 fully saturated rings. The fourth-order valence-corrected chi connectivity index (χ4v) is 1.19. The van der Waals surface area contributed by atoms with E-state index in [1.165, 1.54) is 12.3 Å². The Morgan fingerprint density at radius 1 is 1.47 bits per heavy atom. The van der Waals surface area contributed by atoms with Crippen LogP contribution in [0, 0.1) is 5.92 Å². The Hall–Kier alpha value is -1.78. The molecule has 0 spiro atoms. The standard InChI is InChI=1S/C10H14N2O3/c1-6(2)8(9(11)13)12-10(14)7-4-3-5-15-7/h3-6,8H,1-2H3,(H2,11,13)(H,12,14). The Kier molecular flexibility index (Phi) is 3.49. The molecule has 1 aromatic heterocycles. The molecular formula is C10H14N2O3. The van der Waals surface area contributed by atoms with Crippen molar-refractivity contribution in [2.45, 2.75) is 19.9 Å². The lowest BCUT2D eigenvalue weighted by molar-refractivity contribution is -0.120. The van der Waals surface area contributed by atoms with Gasteiger partial charge in [0.1, 0.15) is 6.04 Å². The number of furan rings is 1. The Balaban J connectivity index is 2.67. The summed E-state index contributed by atoms with van der Waals surface area (Å²) in [5, 5.41) is 2.51. The van der Waals surface area contributed by atoms with Gasteiger partial charge >= 0.3 is 0 Å². The predicted molar refractivity (Wildman–Crippen MR) is 54.0 cm³/mol. The van der Waals surface area contributed by atoms with Gasteiger partial charge in [0, 0.05) is 0 Å². The maximum absolute atomic E-state index is 11.5. The molecule has 0 saturated carbocycles. The number of nitrogens with one attached hydrogen (secondary N) is 1. The van der Waals surface area contributed by atoms with Crippen LogP contribution in [-0.4, -0.2) is 17.9 Å². The van der Waals surface area contributed by atoms with E-state index in [1.54, 1.807) is 19.9 Å². The van der Waals surface area contributed by atoms with Gasteiger partial charge in [0.05, 0.1) is 6.26 Å². The number of hydrogen-bond donors (Lipinski definition) is 2. The topological polar surface area (TPSA) is 85.3 Å². The average molecular weight is 210 g/mol. The normalized spacial score (nSPS) is 12.5. The van der Waals surface area contributed by atoms with Gasteiger partial charge in [0.15, 0.2) is 5.76 Å². The Labute approximate surface area is 87.6 Å². The minimum Gasteiger partial charge on any atom is -0.459 e. The molecule has 2 amide bonds. The van der Waals surface area contributed by atoms with E-state index >= 15 is 0 Å². The van der Waals surface area contributed by atoms with Gasteiger partial charge in [-0.1, -0.05) is 13.8 Å². The zero-order valence-corrected chi connectivity index (χ0v) is 8.69. The third-order valence-electron chi connectivity index (χ3n) is 2.00. The second-order valence-corrected chi connectivity index (χ2v) is 3.57. The van der Waals surface area contributed by atoms with Gasteiger partial charge in [0.2, 0.25) is 5.91 Å². The quantitative estimate of drug-likeness (QED) is 0.759. The van der Waals surface area contributed by atoms with Gasteiger partial charge in [-0.25, -0.2) is 0 Å². The summed E-state index contributed by atoms with van der Waals surface area (Å²) in [6, 6.07) is 2.44. The van der Waals surface area contributed by atoms with Crippen LogP contribution in [0.5, 0.6) is 0 Å². The largest absolute Gasteiger partial charge is 0.459 e. The summed E-state index contributed by atoms with van der Waals surface area (Å²) in [5.74, 6) is -0.870. The summed E-state index contributed by atoms with van der Waals surface area (Å²) in [6.07, 6.45) is 1.39. The minimum atomic E-state index is -0.678. The molecule has 1 unspecified atom stereocenters. The van der Waals surface area contributed by atoms with Gasteiger partial charge in [-0.2, -0.15) is 0 Å². The van der Waals surface area contributed by atoms with Crippen molar-refractivity contribution in [2.75, 3.05) is 0 Å². The van der Waals surface area contributed by atoms with E-state index in [0.717, 1.165) is 0 Å². The van der Waals surface area contributed by atoms with Gasteiger partial charge < -0.3 is 15.5 Å². The van der Waals surface area contributed by atoms with Crippen LogP contribution in [0.2, 0.25) is 0 Å². The molecule has 1 rings (SSSR count). The van der Waals surface area contributed by atoms with Crippen LogP contribution in [0.4, 0.5) is 0 Å². The molecule has 1 aromatic rings. The zero-order valence-electron chi connectivity index (χ0n) is 8.69. The molecule has 0 bridgehead atoms. The van der Waals surface area contributed by atoms with Crippen molar-refractivity contribution >= 4 is 11.8 Å². The third-order valence-corrected chi connectivity index (χ3v) is 2.00. The second-order valence-electron chi connectivity index (χ2n) is 3.57.